The van der Waals surface area contributed by atoms with Crippen molar-refractivity contribution in [2.24, 2.45) is 0 Å². The molecule has 1 fully saturated rings. The molecule has 1 aromatic carbocycles. The first-order valence-corrected chi connectivity index (χ1v) is 8.19. The van der Waals surface area contributed by atoms with E-state index in [1.54, 1.807) is 24.3 Å². The molecule has 0 unspecified atom stereocenters. The van der Waals surface area contributed by atoms with Gasteiger partial charge in [-0.25, -0.2) is 4.79 Å². The van der Waals surface area contributed by atoms with Crippen LogP contribution in [0.1, 0.15) is 12.0 Å². The molecule has 1 aromatic heterocycles. The lowest BCUT2D eigenvalue weighted by Crippen LogP contribution is -2.51. The number of urea groups is 1. The van der Waals surface area contributed by atoms with Crippen LogP contribution in [-0.2, 0) is 20.9 Å². The smallest absolute Gasteiger partial charge is 0.328 e. The minimum Gasteiger partial charge on any atom is -0.497 e. The van der Waals surface area contributed by atoms with Crippen molar-refractivity contribution in [3.05, 3.63) is 41.6 Å². The molecule has 10 heteroatoms. The minimum atomic E-state index is -0.981. The summed E-state index contributed by atoms with van der Waals surface area (Å²) < 4.78 is 6.55. The summed E-state index contributed by atoms with van der Waals surface area (Å²) in [6, 6.07) is 6.05. The summed E-state index contributed by atoms with van der Waals surface area (Å²) in [5.74, 6) is -2.00. The standard InChI is InChI=1S/C18H16N4O6/c1-28-12-4-2-10(3-5-12)15-11(9-22(21-15)7-6-14(23)24)8-13-16(25)19-18(27)20-17(13)26/h2-5,8-9H,6-7H2,1H3,(H,23,24)(H2,19,20,25,26,27). The van der Waals surface area contributed by atoms with Crippen LogP contribution in [0.15, 0.2) is 36.0 Å². The second kappa shape index (κ2) is 7.74. The van der Waals surface area contributed by atoms with E-state index in [1.807, 2.05) is 10.6 Å². The van der Waals surface area contributed by atoms with Crippen molar-refractivity contribution in [1.82, 2.24) is 20.4 Å². The Balaban J connectivity index is 2.03. The normalized spacial score (nSPS) is 13.8. The van der Waals surface area contributed by atoms with E-state index >= 15 is 0 Å². The number of benzene rings is 1. The molecule has 0 atom stereocenters. The van der Waals surface area contributed by atoms with E-state index in [0.717, 1.165) is 0 Å². The SMILES string of the molecule is COc1ccc(-c2nn(CCC(=O)O)cc2C=C2C(=O)NC(=O)NC2=O)cc1. The van der Waals surface area contributed by atoms with Crippen LogP contribution in [0.25, 0.3) is 17.3 Å². The Hall–Kier alpha value is -3.95. The molecular formula is C18H16N4O6. The van der Waals surface area contributed by atoms with Crippen molar-refractivity contribution < 1.29 is 29.0 Å². The number of hydrogen-bond acceptors (Lipinski definition) is 6. The number of carbonyl (C=O) groups is 4. The second-order valence-corrected chi connectivity index (χ2v) is 5.86. The molecule has 1 aliphatic heterocycles. The molecule has 2 heterocycles. The van der Waals surface area contributed by atoms with Gasteiger partial charge in [0.15, 0.2) is 0 Å². The second-order valence-electron chi connectivity index (χ2n) is 5.86. The highest BCUT2D eigenvalue weighted by atomic mass is 16.5. The fourth-order valence-electron chi connectivity index (χ4n) is 2.60. The third-order valence-corrected chi connectivity index (χ3v) is 3.95. The summed E-state index contributed by atoms with van der Waals surface area (Å²) in [6.07, 6.45) is 2.70. The Kier molecular flexibility index (Phi) is 5.21. The molecule has 3 rings (SSSR count). The number of imide groups is 2. The maximum Gasteiger partial charge on any atom is 0.328 e. The maximum absolute atomic E-state index is 12.0. The van der Waals surface area contributed by atoms with Crippen molar-refractivity contribution in [2.75, 3.05) is 7.11 Å². The molecule has 3 N–H and O–H groups in total. The fourth-order valence-corrected chi connectivity index (χ4v) is 2.60. The Morgan fingerprint density at radius 2 is 1.82 bits per heavy atom. The lowest BCUT2D eigenvalue weighted by Gasteiger charge is -2.13. The monoisotopic (exact) mass is 384 g/mol. The highest BCUT2D eigenvalue weighted by Gasteiger charge is 2.28. The van der Waals surface area contributed by atoms with E-state index in [2.05, 4.69) is 5.10 Å². The van der Waals surface area contributed by atoms with Crippen molar-refractivity contribution in [2.45, 2.75) is 13.0 Å². The largest absolute Gasteiger partial charge is 0.497 e. The molecule has 0 spiro atoms. The number of hydrogen-bond donors (Lipinski definition) is 3. The average Bonchev–Trinajstić information content (AvgIpc) is 3.06. The molecule has 0 bridgehead atoms. The van der Waals surface area contributed by atoms with Gasteiger partial charge in [0.05, 0.1) is 25.8 Å². The van der Waals surface area contributed by atoms with Gasteiger partial charge in [0.1, 0.15) is 11.3 Å². The highest BCUT2D eigenvalue weighted by Crippen LogP contribution is 2.26. The van der Waals surface area contributed by atoms with E-state index < -0.39 is 23.8 Å². The number of carboxylic acid groups (broad SMARTS) is 1. The summed E-state index contributed by atoms with van der Waals surface area (Å²) >= 11 is 0. The van der Waals surface area contributed by atoms with Gasteiger partial charge < -0.3 is 9.84 Å². The lowest BCUT2D eigenvalue weighted by atomic mass is 10.0. The summed E-state index contributed by atoms with van der Waals surface area (Å²) in [5, 5.41) is 17.3. The Bertz CT molecular complexity index is 968. The molecule has 144 valence electrons. The molecule has 0 saturated carbocycles. The molecule has 1 aliphatic rings. The number of nitrogens with one attached hydrogen (secondary N) is 2. The first-order chi connectivity index (χ1) is 13.4. The van der Waals surface area contributed by atoms with E-state index in [0.29, 0.717) is 22.6 Å². The van der Waals surface area contributed by atoms with Gasteiger partial charge in [-0.2, -0.15) is 5.10 Å². The number of carboxylic acids is 1. The molecule has 1 saturated heterocycles. The van der Waals surface area contributed by atoms with Gasteiger partial charge in [0.25, 0.3) is 11.8 Å². The number of aliphatic carboxylic acids is 1. The first-order valence-electron chi connectivity index (χ1n) is 8.19. The number of barbiturate groups is 1. The van der Waals surface area contributed by atoms with Gasteiger partial charge in [-0.3, -0.25) is 29.7 Å². The van der Waals surface area contributed by atoms with Gasteiger partial charge in [0.2, 0.25) is 0 Å². The number of ether oxygens (including phenoxy) is 1. The van der Waals surface area contributed by atoms with E-state index in [4.69, 9.17) is 9.84 Å². The van der Waals surface area contributed by atoms with Crippen LogP contribution in [-0.4, -0.2) is 45.8 Å². The summed E-state index contributed by atoms with van der Waals surface area (Å²) in [5.41, 5.74) is 1.28. The Morgan fingerprint density at radius 1 is 1.18 bits per heavy atom. The molecule has 28 heavy (non-hydrogen) atoms. The number of carbonyl (C=O) groups excluding carboxylic acids is 3. The van der Waals surface area contributed by atoms with Crippen LogP contribution in [0.5, 0.6) is 5.75 Å². The van der Waals surface area contributed by atoms with Gasteiger partial charge in [-0.1, -0.05) is 0 Å². The predicted molar refractivity (Wildman–Crippen MR) is 96.1 cm³/mol. The summed E-state index contributed by atoms with van der Waals surface area (Å²) in [6.45, 7) is 0.110. The quantitative estimate of drug-likeness (QED) is 0.494. The maximum atomic E-state index is 12.0. The van der Waals surface area contributed by atoms with Crippen LogP contribution >= 0.6 is 0 Å². The van der Waals surface area contributed by atoms with Crippen LogP contribution in [0.2, 0.25) is 0 Å². The zero-order chi connectivity index (χ0) is 20.3. The number of methoxy groups -OCH3 is 1. The first kappa shape index (κ1) is 18.8. The fraction of sp³-hybridized carbons (Fsp3) is 0.167. The number of aryl methyl sites for hydroxylation is 1. The molecule has 0 aliphatic carbocycles. The zero-order valence-electron chi connectivity index (χ0n) is 14.8. The topological polar surface area (TPSA) is 140 Å². The van der Waals surface area contributed by atoms with Crippen LogP contribution < -0.4 is 15.4 Å². The van der Waals surface area contributed by atoms with Gasteiger partial charge in [-0.05, 0) is 30.3 Å². The molecule has 4 amide bonds. The van der Waals surface area contributed by atoms with Crippen molar-refractivity contribution >= 4 is 29.9 Å². The molecule has 0 radical (unpaired) electrons. The van der Waals surface area contributed by atoms with E-state index in [1.165, 1.54) is 24.1 Å². The summed E-state index contributed by atoms with van der Waals surface area (Å²) in [4.78, 5) is 46.0. The van der Waals surface area contributed by atoms with Crippen LogP contribution in [0, 0.1) is 0 Å². The molecule has 10 nitrogen and oxygen atoms in total. The van der Waals surface area contributed by atoms with Gasteiger partial charge in [0, 0.05) is 17.3 Å². The highest BCUT2D eigenvalue weighted by molar-refractivity contribution is 6.31. The Labute approximate surface area is 158 Å². The van der Waals surface area contributed by atoms with Gasteiger partial charge in [-0.15, -0.1) is 0 Å². The van der Waals surface area contributed by atoms with E-state index in [9.17, 15) is 19.2 Å². The number of amides is 4. The third kappa shape index (κ3) is 4.06. The Morgan fingerprint density at radius 3 is 2.39 bits per heavy atom. The molecule has 2 aromatic rings. The minimum absolute atomic E-state index is 0.110. The van der Waals surface area contributed by atoms with Crippen molar-refractivity contribution in [3.63, 3.8) is 0 Å². The zero-order valence-corrected chi connectivity index (χ0v) is 14.8. The number of rotatable bonds is 6. The number of nitrogens with zero attached hydrogens (tertiary/aromatic N) is 2. The lowest BCUT2D eigenvalue weighted by molar-refractivity contribution is -0.137. The average molecular weight is 384 g/mol. The summed E-state index contributed by atoms with van der Waals surface area (Å²) in [7, 11) is 1.53. The van der Waals surface area contributed by atoms with Crippen molar-refractivity contribution in [3.8, 4) is 17.0 Å². The third-order valence-electron chi connectivity index (χ3n) is 3.95. The predicted octanol–water partition coefficient (Wildman–Crippen LogP) is 0.783. The van der Waals surface area contributed by atoms with Crippen LogP contribution in [0.3, 0.4) is 0 Å². The van der Waals surface area contributed by atoms with E-state index in [-0.39, 0.29) is 18.5 Å². The van der Waals surface area contributed by atoms with Crippen molar-refractivity contribution in [1.29, 1.82) is 0 Å². The van der Waals surface area contributed by atoms with Crippen LogP contribution in [0.4, 0.5) is 4.79 Å². The van der Waals surface area contributed by atoms with Gasteiger partial charge >= 0.3 is 12.0 Å². The number of aromatic nitrogens is 2. The molecular weight excluding hydrogens is 368 g/mol.